The van der Waals surface area contributed by atoms with Crippen LogP contribution in [0.2, 0.25) is 0 Å². The average Bonchev–Trinajstić information content (AvgIpc) is 2.78. The number of unbranched alkanes of at least 4 members (excludes halogenated alkanes) is 2. The number of fused-ring (bicyclic) bond motifs is 1. The number of ether oxygens (including phenoxy) is 1. The van der Waals surface area contributed by atoms with Gasteiger partial charge in [-0.05, 0) is 50.6 Å². The molecule has 1 aliphatic rings. The van der Waals surface area contributed by atoms with E-state index >= 15 is 0 Å². The molecular formula is C25H30N2O5. The van der Waals surface area contributed by atoms with Gasteiger partial charge in [-0.3, -0.25) is 4.79 Å². The standard InChI is InChI=1S/C25H30N2O5/c1-26-10-12-27(13-11-26)9-3-2-4-14-31-20-15-22(29)24-23(16-20)32-17-21(25(24)30)18-5-7-19(28)8-6-18/h5-8,15-17,28-29H,2-4,9-14H2,1H3. The zero-order chi connectivity index (χ0) is 22.5. The maximum Gasteiger partial charge on any atom is 0.204 e. The van der Waals surface area contributed by atoms with Crippen molar-refractivity contribution in [3.63, 3.8) is 0 Å². The first-order chi connectivity index (χ1) is 15.5. The fraction of sp³-hybridized carbons (Fsp3) is 0.400. The molecule has 170 valence electrons. The Morgan fingerprint density at radius 1 is 1.00 bits per heavy atom. The molecule has 0 saturated carbocycles. The Kier molecular flexibility index (Phi) is 6.97. The van der Waals surface area contributed by atoms with E-state index in [0.717, 1.165) is 52.0 Å². The maximum absolute atomic E-state index is 12.9. The Morgan fingerprint density at radius 2 is 1.75 bits per heavy atom. The zero-order valence-electron chi connectivity index (χ0n) is 18.4. The van der Waals surface area contributed by atoms with Crippen molar-refractivity contribution in [2.45, 2.75) is 19.3 Å². The van der Waals surface area contributed by atoms with Crippen LogP contribution in [-0.4, -0.2) is 66.4 Å². The molecule has 0 unspecified atom stereocenters. The molecule has 2 N–H and O–H groups in total. The number of hydrogen-bond acceptors (Lipinski definition) is 7. The zero-order valence-corrected chi connectivity index (χ0v) is 18.4. The second kappa shape index (κ2) is 10.1. The first-order valence-corrected chi connectivity index (χ1v) is 11.1. The second-order valence-corrected chi connectivity index (χ2v) is 8.39. The van der Waals surface area contributed by atoms with Gasteiger partial charge in [0.1, 0.15) is 34.5 Å². The predicted molar refractivity (Wildman–Crippen MR) is 125 cm³/mol. The molecule has 1 fully saturated rings. The van der Waals surface area contributed by atoms with Crippen molar-refractivity contribution in [1.82, 2.24) is 9.80 Å². The van der Waals surface area contributed by atoms with E-state index < -0.39 is 0 Å². The van der Waals surface area contributed by atoms with E-state index in [1.54, 1.807) is 18.2 Å². The van der Waals surface area contributed by atoms with E-state index in [1.807, 2.05) is 0 Å². The molecule has 2 aromatic carbocycles. The minimum absolute atomic E-state index is 0.114. The number of likely N-dealkylation sites (N-methyl/N-ethyl adjacent to an activating group) is 1. The minimum atomic E-state index is -0.329. The Labute approximate surface area is 187 Å². The summed E-state index contributed by atoms with van der Waals surface area (Å²) in [5, 5.41) is 20.0. The van der Waals surface area contributed by atoms with E-state index in [0.29, 0.717) is 23.5 Å². The van der Waals surface area contributed by atoms with Crippen LogP contribution in [0.15, 0.2) is 51.9 Å². The fourth-order valence-corrected chi connectivity index (χ4v) is 4.01. The van der Waals surface area contributed by atoms with Crippen molar-refractivity contribution in [3.8, 4) is 28.4 Å². The summed E-state index contributed by atoms with van der Waals surface area (Å²) in [6, 6.07) is 9.37. The van der Waals surface area contributed by atoms with Crippen LogP contribution in [0, 0.1) is 0 Å². The lowest BCUT2D eigenvalue weighted by atomic mass is 10.0. The molecule has 3 aromatic rings. The number of phenols is 2. The van der Waals surface area contributed by atoms with Crippen molar-refractivity contribution in [1.29, 1.82) is 0 Å². The van der Waals surface area contributed by atoms with Crippen LogP contribution in [-0.2, 0) is 0 Å². The van der Waals surface area contributed by atoms with Gasteiger partial charge in [-0.1, -0.05) is 12.1 Å². The van der Waals surface area contributed by atoms with Crippen molar-refractivity contribution in [2.24, 2.45) is 0 Å². The number of hydrogen-bond donors (Lipinski definition) is 2. The largest absolute Gasteiger partial charge is 0.508 e. The van der Waals surface area contributed by atoms with Crippen molar-refractivity contribution < 1.29 is 19.4 Å². The molecule has 0 aliphatic carbocycles. The van der Waals surface area contributed by atoms with E-state index in [4.69, 9.17) is 9.15 Å². The third kappa shape index (κ3) is 5.23. The SMILES string of the molecule is CN1CCN(CCCCCOc2cc(O)c3c(=O)c(-c4ccc(O)cc4)coc3c2)CC1. The maximum atomic E-state index is 12.9. The third-order valence-electron chi connectivity index (χ3n) is 5.99. The molecule has 1 saturated heterocycles. The lowest BCUT2D eigenvalue weighted by molar-refractivity contribution is 0.151. The van der Waals surface area contributed by atoms with Gasteiger partial charge in [-0.15, -0.1) is 0 Å². The van der Waals surface area contributed by atoms with Crippen molar-refractivity contribution in [2.75, 3.05) is 46.4 Å². The highest BCUT2D eigenvalue weighted by molar-refractivity contribution is 5.88. The summed E-state index contributed by atoms with van der Waals surface area (Å²) in [6.45, 7) is 6.23. The molecule has 1 aliphatic heterocycles. The Morgan fingerprint density at radius 3 is 2.50 bits per heavy atom. The fourth-order valence-electron chi connectivity index (χ4n) is 4.01. The lowest BCUT2D eigenvalue weighted by Crippen LogP contribution is -2.44. The number of rotatable bonds is 8. The van der Waals surface area contributed by atoms with Crippen LogP contribution in [0.3, 0.4) is 0 Å². The summed E-state index contributed by atoms with van der Waals surface area (Å²) in [5.41, 5.74) is 0.879. The van der Waals surface area contributed by atoms with Crippen molar-refractivity contribution in [3.05, 3.63) is 52.9 Å². The topological polar surface area (TPSA) is 86.4 Å². The highest BCUT2D eigenvalue weighted by atomic mass is 16.5. The van der Waals surface area contributed by atoms with Gasteiger partial charge in [0.05, 0.1) is 12.2 Å². The Bertz CT molecular complexity index is 1100. The number of benzene rings is 2. The first kappa shape index (κ1) is 22.2. The molecular weight excluding hydrogens is 408 g/mol. The van der Waals surface area contributed by atoms with Gasteiger partial charge in [-0.2, -0.15) is 0 Å². The lowest BCUT2D eigenvalue weighted by Gasteiger charge is -2.32. The summed E-state index contributed by atoms with van der Waals surface area (Å²) in [7, 11) is 2.17. The van der Waals surface area contributed by atoms with Crippen LogP contribution in [0.4, 0.5) is 0 Å². The first-order valence-electron chi connectivity index (χ1n) is 11.1. The summed E-state index contributed by atoms with van der Waals surface area (Å²) in [5.74, 6) is 0.430. The molecule has 0 atom stereocenters. The van der Waals surface area contributed by atoms with Crippen molar-refractivity contribution >= 4 is 11.0 Å². The van der Waals surface area contributed by atoms with Gasteiger partial charge in [0.15, 0.2) is 0 Å². The second-order valence-electron chi connectivity index (χ2n) is 8.39. The van der Waals surface area contributed by atoms with Crippen LogP contribution in [0.5, 0.6) is 17.2 Å². The minimum Gasteiger partial charge on any atom is -0.508 e. The van der Waals surface area contributed by atoms with E-state index in [1.165, 1.54) is 24.5 Å². The molecule has 0 bridgehead atoms. The number of phenolic OH excluding ortho intramolecular Hbond substituents is 2. The summed E-state index contributed by atoms with van der Waals surface area (Å²) in [6.07, 6.45) is 4.52. The molecule has 2 heterocycles. The monoisotopic (exact) mass is 438 g/mol. The average molecular weight is 439 g/mol. The van der Waals surface area contributed by atoms with E-state index in [2.05, 4.69) is 16.8 Å². The molecule has 0 spiro atoms. The van der Waals surface area contributed by atoms with E-state index in [-0.39, 0.29) is 27.9 Å². The van der Waals surface area contributed by atoms with Crippen LogP contribution in [0.1, 0.15) is 19.3 Å². The molecule has 7 nitrogen and oxygen atoms in total. The highest BCUT2D eigenvalue weighted by Crippen LogP contribution is 2.30. The molecule has 1 aromatic heterocycles. The highest BCUT2D eigenvalue weighted by Gasteiger charge is 2.15. The van der Waals surface area contributed by atoms with Gasteiger partial charge in [-0.25, -0.2) is 0 Å². The quantitative estimate of drug-likeness (QED) is 0.519. The summed E-state index contributed by atoms with van der Waals surface area (Å²) in [4.78, 5) is 17.8. The normalized spacial score (nSPS) is 15.3. The van der Waals surface area contributed by atoms with Gasteiger partial charge in [0.25, 0.3) is 0 Å². The summed E-state index contributed by atoms with van der Waals surface area (Å²) < 4.78 is 11.4. The molecule has 0 radical (unpaired) electrons. The van der Waals surface area contributed by atoms with Gasteiger partial charge >= 0.3 is 0 Å². The number of piperazine rings is 1. The predicted octanol–water partition coefficient (Wildman–Crippen LogP) is 3.67. The van der Waals surface area contributed by atoms with Gasteiger partial charge in [0.2, 0.25) is 5.43 Å². The Hall–Kier alpha value is -3.03. The molecule has 4 rings (SSSR count). The summed E-state index contributed by atoms with van der Waals surface area (Å²) >= 11 is 0. The Balaban J connectivity index is 1.33. The molecule has 32 heavy (non-hydrogen) atoms. The molecule has 0 amide bonds. The number of nitrogens with zero attached hydrogens (tertiary/aromatic N) is 2. The third-order valence-corrected chi connectivity index (χ3v) is 5.99. The smallest absolute Gasteiger partial charge is 0.204 e. The van der Waals surface area contributed by atoms with Crippen LogP contribution in [0.25, 0.3) is 22.1 Å². The van der Waals surface area contributed by atoms with E-state index in [9.17, 15) is 15.0 Å². The van der Waals surface area contributed by atoms with Gasteiger partial charge in [0, 0.05) is 38.3 Å². The van der Waals surface area contributed by atoms with Crippen LogP contribution < -0.4 is 10.2 Å². The van der Waals surface area contributed by atoms with Crippen LogP contribution >= 0.6 is 0 Å². The molecule has 7 heteroatoms. The number of aromatic hydroxyl groups is 2. The van der Waals surface area contributed by atoms with Gasteiger partial charge < -0.3 is 29.2 Å².